The van der Waals surface area contributed by atoms with Gasteiger partial charge >= 0.3 is 0 Å². The maximum atomic E-state index is 13.2. The van der Waals surface area contributed by atoms with Crippen molar-refractivity contribution in [2.24, 2.45) is 0 Å². The van der Waals surface area contributed by atoms with Crippen LogP contribution in [0.25, 0.3) is 39.4 Å². The van der Waals surface area contributed by atoms with Crippen molar-refractivity contribution in [1.29, 1.82) is 0 Å². The highest BCUT2D eigenvalue weighted by Gasteiger charge is 2.15. The molecule has 170 valence electrons. The Kier molecular flexibility index (Phi) is 5.39. The van der Waals surface area contributed by atoms with Gasteiger partial charge in [0.2, 0.25) is 4.96 Å². The predicted molar refractivity (Wildman–Crippen MR) is 143 cm³/mol. The smallest absolute Gasteiger partial charge is 0.266 e. The molecular formula is C27H18BrN5OS. The van der Waals surface area contributed by atoms with Crippen LogP contribution in [0.4, 0.5) is 0 Å². The van der Waals surface area contributed by atoms with Crippen molar-refractivity contribution in [3.63, 3.8) is 0 Å². The molecule has 0 saturated carbocycles. The van der Waals surface area contributed by atoms with Gasteiger partial charge < -0.3 is 0 Å². The van der Waals surface area contributed by atoms with Crippen molar-refractivity contribution >= 4 is 38.3 Å². The molecule has 0 spiro atoms. The molecule has 0 radical (unpaired) electrons. The van der Waals surface area contributed by atoms with Gasteiger partial charge in [0.25, 0.3) is 5.56 Å². The van der Waals surface area contributed by atoms with Gasteiger partial charge in [-0.3, -0.25) is 4.79 Å². The van der Waals surface area contributed by atoms with E-state index in [0.29, 0.717) is 15.3 Å². The van der Waals surface area contributed by atoms with Crippen LogP contribution in [0.2, 0.25) is 0 Å². The Morgan fingerprint density at radius 1 is 0.886 bits per heavy atom. The molecule has 3 aromatic carbocycles. The molecule has 0 aliphatic carbocycles. The first-order chi connectivity index (χ1) is 17.0. The molecule has 0 fully saturated rings. The molecule has 0 atom stereocenters. The highest BCUT2D eigenvalue weighted by molar-refractivity contribution is 9.10. The summed E-state index contributed by atoms with van der Waals surface area (Å²) in [5.41, 5.74) is 5.44. The zero-order valence-corrected chi connectivity index (χ0v) is 21.0. The van der Waals surface area contributed by atoms with Gasteiger partial charge in [0.1, 0.15) is 0 Å². The quantitative estimate of drug-likeness (QED) is 0.305. The van der Waals surface area contributed by atoms with E-state index in [1.165, 1.54) is 21.4 Å². The minimum Gasteiger partial charge on any atom is -0.266 e. The summed E-state index contributed by atoms with van der Waals surface area (Å²) in [5.74, 6) is 0.532. The Bertz CT molecular complexity index is 1770. The second kappa shape index (κ2) is 8.72. The van der Waals surface area contributed by atoms with Gasteiger partial charge in [-0.25, -0.2) is 4.68 Å². The van der Waals surface area contributed by atoms with Crippen LogP contribution in [-0.2, 0) is 0 Å². The predicted octanol–water partition coefficient (Wildman–Crippen LogP) is 5.29. The van der Waals surface area contributed by atoms with E-state index >= 15 is 0 Å². The van der Waals surface area contributed by atoms with Crippen LogP contribution < -0.4 is 10.1 Å². The average Bonchev–Trinajstić information content (AvgIpc) is 3.56. The fraction of sp³-hybridized carbons (Fsp3) is 0.0370. The molecule has 6 nitrogen and oxygen atoms in total. The normalized spacial score (nSPS) is 12.0. The number of thiazole rings is 1. The molecule has 0 amide bonds. The van der Waals surface area contributed by atoms with E-state index in [0.717, 1.165) is 32.5 Å². The fourth-order valence-electron chi connectivity index (χ4n) is 3.84. The number of hydrogen-bond donors (Lipinski definition) is 0. The van der Waals surface area contributed by atoms with Crippen molar-refractivity contribution < 1.29 is 0 Å². The highest BCUT2D eigenvalue weighted by atomic mass is 79.9. The lowest BCUT2D eigenvalue weighted by Crippen LogP contribution is -2.23. The fourth-order valence-corrected chi connectivity index (χ4v) is 5.00. The van der Waals surface area contributed by atoms with Gasteiger partial charge in [0, 0.05) is 27.4 Å². The van der Waals surface area contributed by atoms with Crippen LogP contribution in [0.1, 0.15) is 11.1 Å². The number of halogens is 1. The minimum atomic E-state index is -0.192. The maximum absolute atomic E-state index is 13.2. The molecule has 3 heterocycles. The van der Waals surface area contributed by atoms with Gasteiger partial charge in [0.05, 0.1) is 15.9 Å². The molecule has 0 aliphatic heterocycles. The van der Waals surface area contributed by atoms with Crippen LogP contribution in [0.15, 0.2) is 94.3 Å². The molecule has 0 unspecified atom stereocenters. The van der Waals surface area contributed by atoms with E-state index in [9.17, 15) is 4.79 Å². The number of hydrogen-bond acceptors (Lipinski definition) is 5. The van der Waals surface area contributed by atoms with Gasteiger partial charge in [-0.05, 0) is 37.3 Å². The third kappa shape index (κ3) is 4.11. The van der Waals surface area contributed by atoms with Crippen LogP contribution >= 0.6 is 27.3 Å². The first-order valence-corrected chi connectivity index (χ1v) is 12.6. The molecule has 0 aliphatic rings. The van der Waals surface area contributed by atoms with Crippen molar-refractivity contribution in [3.8, 4) is 28.3 Å². The van der Waals surface area contributed by atoms with Gasteiger partial charge in [-0.2, -0.15) is 14.6 Å². The molecule has 0 bridgehead atoms. The van der Waals surface area contributed by atoms with Crippen LogP contribution in [0.3, 0.4) is 0 Å². The molecule has 35 heavy (non-hydrogen) atoms. The van der Waals surface area contributed by atoms with Crippen molar-refractivity contribution in [1.82, 2.24) is 24.4 Å². The maximum Gasteiger partial charge on any atom is 0.291 e. The molecule has 3 aromatic heterocycles. The summed E-state index contributed by atoms with van der Waals surface area (Å²) < 4.78 is 4.75. The van der Waals surface area contributed by atoms with E-state index in [4.69, 9.17) is 5.10 Å². The van der Waals surface area contributed by atoms with Crippen LogP contribution in [0.5, 0.6) is 0 Å². The SMILES string of the molecule is Cc1ccc(-c2nn(-c3ccccc3)cc2C=c2sc3nc(-c4ccc(Br)cc4)nn3c2=O)cc1. The largest absolute Gasteiger partial charge is 0.291 e. The molecule has 0 saturated heterocycles. The summed E-state index contributed by atoms with van der Waals surface area (Å²) in [7, 11) is 0. The van der Waals surface area contributed by atoms with E-state index in [1.807, 2.05) is 71.6 Å². The van der Waals surface area contributed by atoms with E-state index in [-0.39, 0.29) is 5.56 Å². The lowest BCUT2D eigenvalue weighted by atomic mass is 10.1. The number of aryl methyl sites for hydroxylation is 1. The minimum absolute atomic E-state index is 0.192. The summed E-state index contributed by atoms with van der Waals surface area (Å²) in [6.07, 6.45) is 3.83. The Labute approximate surface area is 213 Å². The third-order valence-electron chi connectivity index (χ3n) is 5.66. The monoisotopic (exact) mass is 539 g/mol. The summed E-state index contributed by atoms with van der Waals surface area (Å²) in [6.45, 7) is 2.06. The summed E-state index contributed by atoms with van der Waals surface area (Å²) >= 11 is 4.76. The lowest BCUT2D eigenvalue weighted by molar-refractivity contribution is 0.884. The number of rotatable bonds is 4. The Morgan fingerprint density at radius 3 is 2.31 bits per heavy atom. The van der Waals surface area contributed by atoms with Crippen molar-refractivity contribution in [2.45, 2.75) is 6.92 Å². The Balaban J connectivity index is 1.48. The number of benzene rings is 3. The summed E-state index contributed by atoms with van der Waals surface area (Å²) in [6, 6.07) is 25.9. The molecular weight excluding hydrogens is 522 g/mol. The standard InChI is InChI=1S/C27H18BrN5OS/c1-17-7-9-18(10-8-17)24-20(16-32(30-24)22-5-3-2-4-6-22)15-23-26(34)33-27(35-23)29-25(31-33)19-11-13-21(28)14-12-19/h2-16H,1H3. The van der Waals surface area contributed by atoms with Crippen LogP contribution in [0, 0.1) is 6.92 Å². The zero-order chi connectivity index (χ0) is 23.9. The lowest BCUT2D eigenvalue weighted by Gasteiger charge is -2.01. The third-order valence-corrected chi connectivity index (χ3v) is 7.15. The van der Waals surface area contributed by atoms with Gasteiger partial charge in [-0.1, -0.05) is 87.4 Å². The van der Waals surface area contributed by atoms with Gasteiger partial charge in [0.15, 0.2) is 5.82 Å². The van der Waals surface area contributed by atoms with Gasteiger partial charge in [-0.15, -0.1) is 5.10 Å². The number of fused-ring (bicyclic) bond motifs is 1. The first kappa shape index (κ1) is 21.6. The Morgan fingerprint density at radius 2 is 1.60 bits per heavy atom. The second-order valence-corrected chi connectivity index (χ2v) is 10.1. The first-order valence-electron chi connectivity index (χ1n) is 10.9. The molecule has 6 rings (SSSR count). The molecule has 6 aromatic rings. The summed E-state index contributed by atoms with van der Waals surface area (Å²) in [5, 5.41) is 9.32. The number of para-hydroxylation sites is 1. The van der Waals surface area contributed by atoms with E-state index in [2.05, 4.69) is 57.2 Å². The highest BCUT2D eigenvalue weighted by Crippen LogP contribution is 2.25. The number of aromatic nitrogens is 5. The van der Waals surface area contributed by atoms with Crippen LogP contribution in [-0.4, -0.2) is 24.4 Å². The summed E-state index contributed by atoms with van der Waals surface area (Å²) in [4.78, 5) is 18.4. The van der Waals surface area contributed by atoms with Crippen molar-refractivity contribution in [2.75, 3.05) is 0 Å². The molecule has 0 N–H and O–H groups in total. The Hall–Kier alpha value is -3.88. The van der Waals surface area contributed by atoms with E-state index < -0.39 is 0 Å². The molecule has 8 heteroatoms. The second-order valence-electron chi connectivity index (χ2n) is 8.13. The number of nitrogens with zero attached hydrogens (tertiary/aromatic N) is 5. The topological polar surface area (TPSA) is 65.1 Å². The zero-order valence-electron chi connectivity index (χ0n) is 18.6. The average molecular weight is 540 g/mol. The van der Waals surface area contributed by atoms with E-state index in [1.54, 1.807) is 0 Å². The van der Waals surface area contributed by atoms with Crippen molar-refractivity contribution in [3.05, 3.63) is 116 Å².